The molecule has 112 valence electrons. The van der Waals surface area contributed by atoms with Gasteiger partial charge in [-0.25, -0.2) is 4.79 Å². The number of aromatic amines is 1. The van der Waals surface area contributed by atoms with E-state index in [0.717, 1.165) is 5.56 Å². The van der Waals surface area contributed by atoms with Crippen molar-refractivity contribution in [3.05, 3.63) is 29.5 Å². The number of rotatable bonds is 5. The molecule has 0 atom stereocenters. The predicted octanol–water partition coefficient (Wildman–Crippen LogP) is 1.42. The summed E-state index contributed by atoms with van der Waals surface area (Å²) in [6, 6.07) is 5.06. The van der Waals surface area contributed by atoms with Gasteiger partial charge in [0.2, 0.25) is 0 Å². The van der Waals surface area contributed by atoms with E-state index in [1.54, 1.807) is 25.1 Å². The smallest absolute Gasteiger partial charge is 0.361 e. The SMILES string of the molecule is CCOC(=O)c1n[nH]nc1-c1ccc(O)c(CN(C)C)c1. The molecule has 0 aliphatic carbocycles. The topological polar surface area (TPSA) is 91.3 Å². The maximum atomic E-state index is 11.8. The molecule has 0 fully saturated rings. The Morgan fingerprint density at radius 2 is 2.14 bits per heavy atom. The molecule has 1 heterocycles. The van der Waals surface area contributed by atoms with Gasteiger partial charge in [0.25, 0.3) is 0 Å². The van der Waals surface area contributed by atoms with Gasteiger partial charge in [-0.05, 0) is 39.2 Å². The first kappa shape index (κ1) is 15.0. The first-order valence-electron chi connectivity index (χ1n) is 6.57. The first-order chi connectivity index (χ1) is 10.0. The van der Waals surface area contributed by atoms with Crippen molar-refractivity contribution in [1.82, 2.24) is 20.3 Å². The molecular formula is C14H18N4O3. The summed E-state index contributed by atoms with van der Waals surface area (Å²) in [6.45, 7) is 2.58. The van der Waals surface area contributed by atoms with E-state index < -0.39 is 5.97 Å². The van der Waals surface area contributed by atoms with Crippen molar-refractivity contribution < 1.29 is 14.6 Å². The molecule has 7 heteroatoms. The first-order valence-corrected chi connectivity index (χ1v) is 6.57. The average molecular weight is 290 g/mol. The van der Waals surface area contributed by atoms with Gasteiger partial charge >= 0.3 is 5.97 Å². The van der Waals surface area contributed by atoms with Crippen LogP contribution in [0.2, 0.25) is 0 Å². The molecule has 0 aliphatic heterocycles. The van der Waals surface area contributed by atoms with Crippen LogP contribution in [-0.2, 0) is 11.3 Å². The van der Waals surface area contributed by atoms with Gasteiger partial charge < -0.3 is 14.7 Å². The van der Waals surface area contributed by atoms with Crippen molar-refractivity contribution in [2.24, 2.45) is 0 Å². The standard InChI is InChI=1S/C14H18N4O3/c1-4-21-14(20)13-12(15-17-16-13)9-5-6-11(19)10(7-9)8-18(2)3/h5-7,19H,4,8H2,1-3H3,(H,15,16,17). The van der Waals surface area contributed by atoms with E-state index in [0.29, 0.717) is 17.8 Å². The van der Waals surface area contributed by atoms with Crippen LogP contribution in [0.4, 0.5) is 0 Å². The third kappa shape index (κ3) is 3.38. The molecule has 2 N–H and O–H groups in total. The molecule has 0 aliphatic rings. The highest BCUT2D eigenvalue weighted by Crippen LogP contribution is 2.27. The number of nitrogens with zero attached hydrogens (tertiary/aromatic N) is 3. The van der Waals surface area contributed by atoms with Gasteiger partial charge in [-0.1, -0.05) is 0 Å². The molecule has 7 nitrogen and oxygen atoms in total. The van der Waals surface area contributed by atoms with Crippen LogP contribution in [0.1, 0.15) is 23.0 Å². The maximum absolute atomic E-state index is 11.8. The summed E-state index contributed by atoms with van der Waals surface area (Å²) in [4.78, 5) is 13.8. The summed E-state index contributed by atoms with van der Waals surface area (Å²) in [6.07, 6.45) is 0. The number of carbonyl (C=O) groups excluding carboxylic acids is 1. The molecule has 0 saturated heterocycles. The summed E-state index contributed by atoms with van der Waals surface area (Å²) < 4.78 is 4.95. The fourth-order valence-corrected chi connectivity index (χ4v) is 1.97. The van der Waals surface area contributed by atoms with Crippen molar-refractivity contribution in [3.63, 3.8) is 0 Å². The van der Waals surface area contributed by atoms with Gasteiger partial charge in [0, 0.05) is 17.7 Å². The number of esters is 1. The third-order valence-corrected chi connectivity index (χ3v) is 2.86. The van der Waals surface area contributed by atoms with E-state index in [1.807, 2.05) is 19.0 Å². The molecule has 0 amide bonds. The van der Waals surface area contributed by atoms with Crippen LogP contribution in [0.15, 0.2) is 18.2 Å². The van der Waals surface area contributed by atoms with Crippen molar-refractivity contribution >= 4 is 5.97 Å². The van der Waals surface area contributed by atoms with Crippen LogP contribution in [0.3, 0.4) is 0 Å². The molecule has 2 rings (SSSR count). The number of carbonyl (C=O) groups is 1. The lowest BCUT2D eigenvalue weighted by atomic mass is 10.1. The Hall–Kier alpha value is -2.41. The number of nitrogens with one attached hydrogen (secondary N) is 1. The summed E-state index contributed by atoms with van der Waals surface area (Å²) in [5.74, 6) is -0.322. The number of phenols is 1. The van der Waals surface area contributed by atoms with Gasteiger partial charge in [0.05, 0.1) is 6.61 Å². The van der Waals surface area contributed by atoms with Crippen LogP contribution in [0, 0.1) is 0 Å². The Labute approximate surface area is 122 Å². The molecule has 1 aromatic heterocycles. The highest BCUT2D eigenvalue weighted by atomic mass is 16.5. The summed E-state index contributed by atoms with van der Waals surface area (Å²) in [5.41, 5.74) is 1.99. The minimum absolute atomic E-state index is 0.137. The van der Waals surface area contributed by atoms with Gasteiger partial charge in [-0.3, -0.25) is 0 Å². The van der Waals surface area contributed by atoms with Crippen molar-refractivity contribution in [2.45, 2.75) is 13.5 Å². The van der Waals surface area contributed by atoms with E-state index in [2.05, 4.69) is 15.4 Å². The molecule has 21 heavy (non-hydrogen) atoms. The Balaban J connectivity index is 2.39. The molecular weight excluding hydrogens is 272 g/mol. The Morgan fingerprint density at radius 1 is 1.38 bits per heavy atom. The van der Waals surface area contributed by atoms with Crippen molar-refractivity contribution in [2.75, 3.05) is 20.7 Å². The molecule has 0 unspecified atom stereocenters. The Kier molecular flexibility index (Phi) is 4.54. The summed E-state index contributed by atoms with van der Waals surface area (Å²) in [7, 11) is 3.82. The lowest BCUT2D eigenvalue weighted by Gasteiger charge is -2.12. The van der Waals surface area contributed by atoms with Crippen molar-refractivity contribution in [1.29, 1.82) is 0 Å². The third-order valence-electron chi connectivity index (χ3n) is 2.86. The fourth-order valence-electron chi connectivity index (χ4n) is 1.97. The highest BCUT2D eigenvalue weighted by molar-refractivity contribution is 5.93. The summed E-state index contributed by atoms with van der Waals surface area (Å²) >= 11 is 0. The lowest BCUT2D eigenvalue weighted by molar-refractivity contribution is 0.0520. The van der Waals surface area contributed by atoms with E-state index in [9.17, 15) is 9.90 Å². The molecule has 0 radical (unpaired) electrons. The number of aromatic nitrogens is 3. The molecule has 0 bridgehead atoms. The van der Waals surface area contributed by atoms with E-state index in [-0.39, 0.29) is 18.1 Å². The normalized spacial score (nSPS) is 10.9. The number of benzene rings is 1. The lowest BCUT2D eigenvalue weighted by Crippen LogP contribution is -2.11. The fraction of sp³-hybridized carbons (Fsp3) is 0.357. The quantitative estimate of drug-likeness (QED) is 0.809. The van der Waals surface area contributed by atoms with Crippen molar-refractivity contribution in [3.8, 4) is 17.0 Å². The highest BCUT2D eigenvalue weighted by Gasteiger charge is 2.19. The minimum Gasteiger partial charge on any atom is -0.508 e. The summed E-state index contributed by atoms with van der Waals surface area (Å²) in [5, 5.41) is 20.2. The predicted molar refractivity (Wildman–Crippen MR) is 76.8 cm³/mol. The molecule has 0 saturated carbocycles. The van der Waals surface area contributed by atoms with Crippen LogP contribution >= 0.6 is 0 Å². The van der Waals surface area contributed by atoms with E-state index >= 15 is 0 Å². The Bertz CT molecular complexity index is 637. The van der Waals surface area contributed by atoms with Gasteiger partial charge in [0.15, 0.2) is 5.69 Å². The second kappa shape index (κ2) is 6.36. The number of aromatic hydroxyl groups is 1. The minimum atomic E-state index is -0.525. The monoisotopic (exact) mass is 290 g/mol. The van der Waals surface area contributed by atoms with Crippen LogP contribution < -0.4 is 0 Å². The molecule has 0 spiro atoms. The number of ether oxygens (including phenoxy) is 1. The largest absolute Gasteiger partial charge is 0.508 e. The zero-order valence-electron chi connectivity index (χ0n) is 12.3. The van der Waals surface area contributed by atoms with Crippen LogP contribution in [0.25, 0.3) is 11.3 Å². The van der Waals surface area contributed by atoms with Gasteiger partial charge in [0.1, 0.15) is 11.4 Å². The van der Waals surface area contributed by atoms with Crippen LogP contribution in [-0.4, -0.2) is 52.1 Å². The Morgan fingerprint density at radius 3 is 2.81 bits per heavy atom. The molecule has 2 aromatic rings. The van der Waals surface area contributed by atoms with Gasteiger partial charge in [-0.2, -0.15) is 10.3 Å². The van der Waals surface area contributed by atoms with Gasteiger partial charge in [-0.15, -0.1) is 5.10 Å². The number of phenolic OH excluding ortho intramolecular Hbond substituents is 1. The second-order valence-corrected chi connectivity index (χ2v) is 4.82. The van der Waals surface area contributed by atoms with E-state index in [4.69, 9.17) is 4.74 Å². The number of H-pyrrole nitrogens is 1. The molecule has 1 aromatic carbocycles. The zero-order valence-corrected chi connectivity index (χ0v) is 12.3. The zero-order chi connectivity index (χ0) is 15.4. The van der Waals surface area contributed by atoms with Crippen LogP contribution in [0.5, 0.6) is 5.75 Å². The second-order valence-electron chi connectivity index (χ2n) is 4.82. The maximum Gasteiger partial charge on any atom is 0.361 e. The van der Waals surface area contributed by atoms with E-state index in [1.165, 1.54) is 0 Å². The number of hydrogen-bond donors (Lipinski definition) is 2. The number of hydrogen-bond acceptors (Lipinski definition) is 6. The average Bonchev–Trinajstić information content (AvgIpc) is 2.90.